The molecule has 0 heterocycles. The molecule has 1 saturated carbocycles. The van der Waals surface area contributed by atoms with Gasteiger partial charge in [-0.1, -0.05) is 0 Å². The van der Waals surface area contributed by atoms with Crippen LogP contribution in [0.5, 0.6) is 0 Å². The Labute approximate surface area is 87.2 Å². The van der Waals surface area contributed by atoms with Crippen LogP contribution in [0.3, 0.4) is 0 Å². The number of unbranched alkanes of at least 4 members (excludes halogenated alkanes) is 1. The molecule has 1 rings (SSSR count). The molecule has 0 N–H and O–H groups in total. The Morgan fingerprint density at radius 2 is 1.86 bits per heavy atom. The minimum Gasteiger partial charge on any atom is -0.292 e. The molecule has 0 atom stereocenters. The SMILES string of the molecule is FC(F)(F)CN(CCCCCl)C1CC1. The molecule has 1 fully saturated rings. The average Bonchev–Trinajstić information content (AvgIpc) is 2.83. The lowest BCUT2D eigenvalue weighted by Gasteiger charge is -2.22. The molecule has 0 aliphatic heterocycles. The van der Waals surface area contributed by atoms with Gasteiger partial charge < -0.3 is 0 Å². The normalized spacial score (nSPS) is 17.8. The van der Waals surface area contributed by atoms with Gasteiger partial charge in [0.05, 0.1) is 6.54 Å². The summed E-state index contributed by atoms with van der Waals surface area (Å²) in [4.78, 5) is 1.53. The topological polar surface area (TPSA) is 3.24 Å². The highest BCUT2D eigenvalue weighted by Gasteiger charge is 2.37. The van der Waals surface area contributed by atoms with Crippen molar-refractivity contribution in [3.8, 4) is 0 Å². The summed E-state index contributed by atoms with van der Waals surface area (Å²) in [6.07, 6.45) is -0.684. The summed E-state index contributed by atoms with van der Waals surface area (Å²) in [5, 5.41) is 0. The predicted octanol–water partition coefficient (Wildman–Crippen LogP) is 3.03. The van der Waals surface area contributed by atoms with Crippen LogP contribution >= 0.6 is 11.6 Å². The summed E-state index contributed by atoms with van der Waals surface area (Å²) in [5.74, 6) is 0.532. The zero-order valence-electron chi connectivity index (χ0n) is 7.99. The molecule has 0 aromatic carbocycles. The van der Waals surface area contributed by atoms with E-state index in [1.54, 1.807) is 0 Å². The van der Waals surface area contributed by atoms with Crippen molar-refractivity contribution in [1.82, 2.24) is 4.90 Å². The molecule has 0 aromatic rings. The predicted molar refractivity (Wildman–Crippen MR) is 50.6 cm³/mol. The summed E-state index contributed by atoms with van der Waals surface area (Å²) in [6.45, 7) is -0.239. The minimum atomic E-state index is -4.07. The van der Waals surface area contributed by atoms with Crippen LogP contribution in [0.1, 0.15) is 25.7 Å². The van der Waals surface area contributed by atoms with Crippen molar-refractivity contribution in [2.45, 2.75) is 37.9 Å². The molecule has 1 nitrogen and oxygen atoms in total. The van der Waals surface area contributed by atoms with Gasteiger partial charge in [0.1, 0.15) is 0 Å². The van der Waals surface area contributed by atoms with Crippen LogP contribution in [-0.4, -0.2) is 36.1 Å². The highest BCUT2D eigenvalue weighted by Crippen LogP contribution is 2.30. The van der Waals surface area contributed by atoms with Crippen LogP contribution < -0.4 is 0 Å². The lowest BCUT2D eigenvalue weighted by molar-refractivity contribution is -0.147. The standard InChI is InChI=1S/C9H15ClF3N/c10-5-1-2-6-14(8-3-4-8)7-9(11,12)13/h8H,1-7H2. The van der Waals surface area contributed by atoms with Crippen LogP contribution in [0.2, 0.25) is 0 Å². The summed E-state index contributed by atoms with van der Waals surface area (Å²) >= 11 is 5.47. The summed E-state index contributed by atoms with van der Waals surface area (Å²) < 4.78 is 36.4. The minimum absolute atomic E-state index is 0.173. The van der Waals surface area contributed by atoms with Gasteiger partial charge in [-0.15, -0.1) is 11.6 Å². The largest absolute Gasteiger partial charge is 0.401 e. The first kappa shape index (κ1) is 12.1. The first-order valence-electron chi connectivity index (χ1n) is 4.89. The molecule has 1 aliphatic carbocycles. The maximum Gasteiger partial charge on any atom is 0.401 e. The van der Waals surface area contributed by atoms with Gasteiger partial charge in [0.2, 0.25) is 0 Å². The first-order chi connectivity index (χ1) is 6.53. The molecule has 0 bridgehead atoms. The van der Waals surface area contributed by atoms with Crippen molar-refractivity contribution < 1.29 is 13.2 Å². The summed E-state index contributed by atoms with van der Waals surface area (Å²) in [7, 11) is 0. The second-order valence-corrected chi connectivity index (χ2v) is 4.09. The lowest BCUT2D eigenvalue weighted by atomic mass is 10.3. The molecule has 0 aromatic heterocycles. The zero-order valence-corrected chi connectivity index (χ0v) is 8.74. The third kappa shape index (κ3) is 5.05. The molecular formula is C9H15ClF3N. The molecular weight excluding hydrogens is 215 g/mol. The molecule has 84 valence electrons. The van der Waals surface area contributed by atoms with E-state index in [4.69, 9.17) is 11.6 Å². The van der Waals surface area contributed by atoms with E-state index < -0.39 is 12.7 Å². The maximum atomic E-state index is 12.1. The van der Waals surface area contributed by atoms with Crippen molar-refractivity contribution in [2.24, 2.45) is 0 Å². The molecule has 1 aliphatic rings. The molecule has 5 heteroatoms. The Hall–Kier alpha value is 0.0400. The Kier molecular flexibility index (Phi) is 4.51. The quantitative estimate of drug-likeness (QED) is 0.500. The van der Waals surface area contributed by atoms with Crippen molar-refractivity contribution in [3.63, 3.8) is 0 Å². The van der Waals surface area contributed by atoms with Gasteiger partial charge in [-0.05, 0) is 32.2 Å². The van der Waals surface area contributed by atoms with Crippen LogP contribution in [-0.2, 0) is 0 Å². The van der Waals surface area contributed by atoms with Gasteiger partial charge in [0, 0.05) is 11.9 Å². The van der Waals surface area contributed by atoms with E-state index in [0.717, 1.165) is 25.7 Å². The van der Waals surface area contributed by atoms with E-state index in [1.165, 1.54) is 4.90 Å². The van der Waals surface area contributed by atoms with Gasteiger partial charge in [0.25, 0.3) is 0 Å². The van der Waals surface area contributed by atoms with Crippen LogP contribution in [0.25, 0.3) is 0 Å². The van der Waals surface area contributed by atoms with Crippen molar-refractivity contribution in [2.75, 3.05) is 19.0 Å². The highest BCUT2D eigenvalue weighted by atomic mass is 35.5. The van der Waals surface area contributed by atoms with E-state index in [2.05, 4.69) is 0 Å². The Morgan fingerprint density at radius 1 is 1.21 bits per heavy atom. The fourth-order valence-electron chi connectivity index (χ4n) is 1.47. The molecule has 0 spiro atoms. The average molecular weight is 230 g/mol. The Morgan fingerprint density at radius 3 is 2.29 bits per heavy atom. The van der Waals surface area contributed by atoms with E-state index >= 15 is 0 Å². The molecule has 0 unspecified atom stereocenters. The highest BCUT2D eigenvalue weighted by molar-refractivity contribution is 6.17. The van der Waals surface area contributed by atoms with E-state index in [1.807, 2.05) is 0 Å². The van der Waals surface area contributed by atoms with Crippen molar-refractivity contribution >= 4 is 11.6 Å². The van der Waals surface area contributed by atoms with E-state index in [9.17, 15) is 13.2 Å². The van der Waals surface area contributed by atoms with Crippen LogP contribution in [0.15, 0.2) is 0 Å². The molecule has 14 heavy (non-hydrogen) atoms. The molecule has 0 radical (unpaired) electrons. The Bertz CT molecular complexity index is 168. The van der Waals surface area contributed by atoms with Gasteiger partial charge in [-0.2, -0.15) is 13.2 Å². The fourth-order valence-corrected chi connectivity index (χ4v) is 1.66. The smallest absolute Gasteiger partial charge is 0.292 e. The van der Waals surface area contributed by atoms with Crippen molar-refractivity contribution in [1.29, 1.82) is 0 Å². The first-order valence-corrected chi connectivity index (χ1v) is 5.43. The molecule has 0 saturated heterocycles. The Balaban J connectivity index is 2.24. The zero-order chi connectivity index (χ0) is 10.6. The number of hydrogen-bond acceptors (Lipinski definition) is 1. The van der Waals surface area contributed by atoms with Gasteiger partial charge >= 0.3 is 6.18 Å². The van der Waals surface area contributed by atoms with Gasteiger partial charge in [-0.3, -0.25) is 4.90 Å². The van der Waals surface area contributed by atoms with Gasteiger partial charge in [0.15, 0.2) is 0 Å². The van der Waals surface area contributed by atoms with E-state index in [0.29, 0.717) is 12.4 Å². The van der Waals surface area contributed by atoms with Gasteiger partial charge in [-0.25, -0.2) is 0 Å². The van der Waals surface area contributed by atoms with E-state index in [-0.39, 0.29) is 6.04 Å². The lowest BCUT2D eigenvalue weighted by Crippen LogP contribution is -2.36. The van der Waals surface area contributed by atoms with Crippen molar-refractivity contribution in [3.05, 3.63) is 0 Å². The second-order valence-electron chi connectivity index (χ2n) is 3.71. The number of halogens is 4. The summed E-state index contributed by atoms with van der Waals surface area (Å²) in [6, 6.07) is 0.173. The maximum absolute atomic E-state index is 12.1. The third-order valence-corrected chi connectivity index (χ3v) is 2.54. The monoisotopic (exact) mass is 229 g/mol. The number of hydrogen-bond donors (Lipinski definition) is 0. The number of nitrogens with zero attached hydrogens (tertiary/aromatic N) is 1. The number of alkyl halides is 4. The number of rotatable bonds is 6. The summed E-state index contributed by atoms with van der Waals surface area (Å²) in [5.41, 5.74) is 0. The molecule has 0 amide bonds. The van der Waals surface area contributed by atoms with Crippen LogP contribution in [0.4, 0.5) is 13.2 Å². The van der Waals surface area contributed by atoms with Crippen LogP contribution in [0, 0.1) is 0 Å². The second kappa shape index (κ2) is 5.21. The fraction of sp³-hybridized carbons (Fsp3) is 1.00. The third-order valence-electron chi connectivity index (χ3n) is 2.27.